The molecule has 2 saturated heterocycles. The molecule has 0 radical (unpaired) electrons. The summed E-state index contributed by atoms with van der Waals surface area (Å²) in [5.41, 5.74) is 0.891. The molecule has 0 saturated carbocycles. The summed E-state index contributed by atoms with van der Waals surface area (Å²) in [5, 5.41) is 4.18. The Balaban J connectivity index is 1.52. The molecular formula is C30H25FN4O3. The first-order chi connectivity index (χ1) is 18.3. The van der Waals surface area contributed by atoms with Crippen LogP contribution in [0, 0.1) is 23.6 Å². The Morgan fingerprint density at radius 1 is 0.947 bits per heavy atom. The number of amides is 2. The fourth-order valence-corrected chi connectivity index (χ4v) is 6.77. The van der Waals surface area contributed by atoms with Crippen LogP contribution in [0.4, 0.5) is 10.1 Å². The molecule has 3 aliphatic rings. The first kappa shape index (κ1) is 23.0. The number of halogens is 1. The van der Waals surface area contributed by atoms with E-state index in [1.165, 1.54) is 29.2 Å². The lowest BCUT2D eigenvalue weighted by Gasteiger charge is -2.32. The number of carbonyl (C=O) groups excluding carboxylic acids is 2. The number of nitrogens with one attached hydrogen (secondary N) is 1. The van der Waals surface area contributed by atoms with Gasteiger partial charge < -0.3 is 0 Å². The number of benzene rings is 3. The third kappa shape index (κ3) is 2.86. The van der Waals surface area contributed by atoms with E-state index >= 15 is 0 Å². The molecule has 3 aliphatic heterocycles. The van der Waals surface area contributed by atoms with Crippen molar-refractivity contribution >= 4 is 28.4 Å². The van der Waals surface area contributed by atoms with Crippen LogP contribution in [0.3, 0.4) is 0 Å². The zero-order valence-electron chi connectivity index (χ0n) is 20.9. The van der Waals surface area contributed by atoms with Gasteiger partial charge in [-0.3, -0.25) is 24.3 Å². The monoisotopic (exact) mass is 508 g/mol. The Bertz CT molecular complexity index is 1710. The molecule has 1 aromatic heterocycles. The van der Waals surface area contributed by atoms with E-state index in [0.29, 0.717) is 34.5 Å². The lowest BCUT2D eigenvalue weighted by atomic mass is 9.75. The molecule has 4 heterocycles. The number of rotatable bonds is 3. The average molecular weight is 509 g/mol. The van der Waals surface area contributed by atoms with Crippen LogP contribution in [-0.4, -0.2) is 27.4 Å². The van der Waals surface area contributed by atoms with E-state index in [-0.39, 0.29) is 29.3 Å². The van der Waals surface area contributed by atoms with Gasteiger partial charge in [0.2, 0.25) is 11.8 Å². The molecule has 0 unspecified atom stereocenters. The summed E-state index contributed by atoms with van der Waals surface area (Å²) in [6, 6.07) is 19.7. The Kier molecular flexibility index (Phi) is 4.79. The molecule has 38 heavy (non-hydrogen) atoms. The van der Waals surface area contributed by atoms with Gasteiger partial charge in [-0.25, -0.2) is 14.3 Å². The lowest BCUT2D eigenvalue weighted by molar-refractivity contribution is -0.123. The van der Waals surface area contributed by atoms with Crippen molar-refractivity contribution in [1.82, 2.24) is 14.9 Å². The van der Waals surface area contributed by atoms with Gasteiger partial charge in [-0.15, -0.1) is 0 Å². The number of hydrogen-bond acceptors (Lipinski definition) is 5. The van der Waals surface area contributed by atoms with Crippen molar-refractivity contribution in [2.75, 3.05) is 4.90 Å². The topological polar surface area (TPSA) is 84.3 Å². The van der Waals surface area contributed by atoms with Crippen molar-refractivity contribution in [2.45, 2.75) is 31.8 Å². The van der Waals surface area contributed by atoms with Gasteiger partial charge in [-0.2, -0.15) is 0 Å². The van der Waals surface area contributed by atoms with Crippen molar-refractivity contribution in [3.05, 3.63) is 100 Å². The van der Waals surface area contributed by atoms with Gasteiger partial charge in [0, 0.05) is 11.6 Å². The van der Waals surface area contributed by atoms with Crippen LogP contribution in [0.2, 0.25) is 0 Å². The molecule has 1 N–H and O–H groups in total. The molecule has 4 atom stereocenters. The van der Waals surface area contributed by atoms with E-state index in [4.69, 9.17) is 4.98 Å². The maximum Gasteiger partial charge on any atom is 0.266 e. The zero-order chi connectivity index (χ0) is 26.3. The number of aromatic nitrogens is 2. The van der Waals surface area contributed by atoms with Crippen molar-refractivity contribution in [1.29, 1.82) is 0 Å². The first-order valence-corrected chi connectivity index (χ1v) is 12.9. The van der Waals surface area contributed by atoms with Crippen molar-refractivity contribution in [2.24, 2.45) is 17.8 Å². The fourth-order valence-electron chi connectivity index (χ4n) is 6.77. The summed E-state index contributed by atoms with van der Waals surface area (Å²) in [5.74, 6) is -1.97. The third-order valence-corrected chi connectivity index (χ3v) is 8.17. The number of anilines is 1. The molecule has 8 heteroatoms. The van der Waals surface area contributed by atoms with Gasteiger partial charge in [-0.1, -0.05) is 44.2 Å². The maximum absolute atomic E-state index is 14.3. The van der Waals surface area contributed by atoms with Gasteiger partial charge in [0.25, 0.3) is 5.56 Å². The van der Waals surface area contributed by atoms with Crippen LogP contribution >= 0.6 is 0 Å². The number of para-hydroxylation sites is 2. The Labute approximate surface area is 217 Å². The Hall–Kier alpha value is -4.17. The molecule has 7 nitrogen and oxygen atoms in total. The minimum absolute atomic E-state index is 0.215. The second-order valence-corrected chi connectivity index (χ2v) is 10.8. The highest BCUT2D eigenvalue weighted by Gasteiger charge is 2.69. The highest BCUT2D eigenvalue weighted by Crippen LogP contribution is 2.56. The molecule has 7 rings (SSSR count). The molecule has 0 aliphatic carbocycles. The van der Waals surface area contributed by atoms with Gasteiger partial charge >= 0.3 is 0 Å². The van der Waals surface area contributed by atoms with Crippen LogP contribution in [0.15, 0.2) is 77.6 Å². The number of fused-ring (bicyclic) bond motifs is 8. The van der Waals surface area contributed by atoms with E-state index in [9.17, 15) is 18.8 Å². The van der Waals surface area contributed by atoms with E-state index in [2.05, 4.69) is 19.2 Å². The van der Waals surface area contributed by atoms with E-state index in [1.54, 1.807) is 22.8 Å². The summed E-state index contributed by atoms with van der Waals surface area (Å²) < 4.78 is 15.3. The van der Waals surface area contributed by atoms with Gasteiger partial charge in [0.1, 0.15) is 17.2 Å². The predicted octanol–water partition coefficient (Wildman–Crippen LogP) is 3.91. The van der Waals surface area contributed by atoms with Crippen molar-refractivity contribution in [3.8, 4) is 5.69 Å². The van der Waals surface area contributed by atoms with Gasteiger partial charge in [0.15, 0.2) is 0 Å². The standard InChI is InChI=1S/C30H25FN4O3/c1-16(2)15-22-24-25(28(38)34(27(24)37)18-13-11-17(31)12-14-18)30(33-22)20-8-4-6-10-23(20)35-26(36)19-7-3-5-9-21(19)32-29(30)35/h3-14,16,22,24-25,33H,15H2,1-2H3/t22-,24-,25+,30-/m0/s1. The fraction of sp³-hybridized carbons (Fsp3) is 0.267. The van der Waals surface area contributed by atoms with E-state index < -0.39 is 23.2 Å². The summed E-state index contributed by atoms with van der Waals surface area (Å²) in [7, 11) is 0. The Morgan fingerprint density at radius 2 is 1.66 bits per heavy atom. The van der Waals surface area contributed by atoms with E-state index in [1.807, 2.05) is 30.3 Å². The average Bonchev–Trinajstić information content (AvgIpc) is 3.48. The van der Waals surface area contributed by atoms with Crippen molar-refractivity contribution in [3.63, 3.8) is 0 Å². The van der Waals surface area contributed by atoms with Gasteiger partial charge in [0.05, 0.1) is 34.1 Å². The van der Waals surface area contributed by atoms with E-state index in [0.717, 1.165) is 5.56 Å². The number of hydrogen-bond donors (Lipinski definition) is 1. The summed E-state index contributed by atoms with van der Waals surface area (Å²) in [4.78, 5) is 48.3. The van der Waals surface area contributed by atoms with Crippen molar-refractivity contribution < 1.29 is 14.0 Å². The number of carbonyl (C=O) groups is 2. The number of nitrogens with zero attached hydrogens (tertiary/aromatic N) is 3. The highest BCUT2D eigenvalue weighted by atomic mass is 19.1. The summed E-state index contributed by atoms with van der Waals surface area (Å²) >= 11 is 0. The van der Waals surface area contributed by atoms with Crippen LogP contribution in [0.5, 0.6) is 0 Å². The molecule has 4 aromatic rings. The maximum atomic E-state index is 14.3. The quantitative estimate of drug-likeness (QED) is 0.425. The molecule has 2 amide bonds. The molecule has 190 valence electrons. The molecule has 3 aromatic carbocycles. The summed E-state index contributed by atoms with van der Waals surface area (Å²) in [6.45, 7) is 4.15. The predicted molar refractivity (Wildman–Crippen MR) is 140 cm³/mol. The smallest absolute Gasteiger partial charge is 0.266 e. The summed E-state index contributed by atoms with van der Waals surface area (Å²) in [6.07, 6.45) is 0.652. The molecular weight excluding hydrogens is 483 g/mol. The third-order valence-electron chi connectivity index (χ3n) is 8.17. The minimum atomic E-state index is -1.18. The van der Waals surface area contributed by atoms with Gasteiger partial charge in [-0.05, 0) is 54.8 Å². The first-order valence-electron chi connectivity index (χ1n) is 12.9. The SMILES string of the molecule is CC(C)C[C@@H]1N[C@@]2(c3ccccc3-n3c2nc2ccccc2c3=O)[C@H]2C(=O)N(c3ccc(F)cc3)C(=O)[C@@H]12. The normalized spacial score (nSPS) is 25.5. The van der Waals surface area contributed by atoms with Crippen LogP contribution in [-0.2, 0) is 15.1 Å². The molecule has 1 spiro atoms. The molecule has 2 fully saturated rings. The lowest BCUT2D eigenvalue weighted by Crippen LogP contribution is -2.50. The highest BCUT2D eigenvalue weighted by molar-refractivity contribution is 6.23. The second-order valence-electron chi connectivity index (χ2n) is 10.8. The second kappa shape index (κ2) is 7.91. The largest absolute Gasteiger partial charge is 0.297 e. The molecule has 0 bridgehead atoms. The van der Waals surface area contributed by atoms with Crippen LogP contribution in [0.25, 0.3) is 16.6 Å². The zero-order valence-corrected chi connectivity index (χ0v) is 20.9. The number of imide groups is 1. The minimum Gasteiger partial charge on any atom is -0.297 e. The van der Waals surface area contributed by atoms with Crippen LogP contribution < -0.4 is 15.8 Å². The van der Waals surface area contributed by atoms with Crippen LogP contribution in [0.1, 0.15) is 31.7 Å². The Morgan fingerprint density at radius 3 is 2.42 bits per heavy atom.